The molecule has 4 aromatic rings. The Hall–Kier alpha value is -3.65. The monoisotopic (exact) mass is 459 g/mol. The minimum absolute atomic E-state index is 0.0870. The van der Waals surface area contributed by atoms with Crippen LogP contribution in [0.1, 0.15) is 35.8 Å². The molecule has 7 nitrogen and oxygen atoms in total. The molecule has 0 saturated carbocycles. The lowest BCUT2D eigenvalue weighted by Gasteiger charge is -2.13. The number of carbonyl (C=O) groups is 2. The summed E-state index contributed by atoms with van der Waals surface area (Å²) >= 11 is 1.29. The molecule has 33 heavy (non-hydrogen) atoms. The van der Waals surface area contributed by atoms with Crippen molar-refractivity contribution in [1.29, 1.82) is 0 Å². The van der Waals surface area contributed by atoms with Crippen molar-refractivity contribution in [3.05, 3.63) is 71.9 Å². The van der Waals surface area contributed by atoms with E-state index in [1.165, 1.54) is 11.8 Å². The second-order valence-electron chi connectivity index (χ2n) is 8.00. The molecular weight excluding hydrogens is 434 g/mol. The Kier molecular flexibility index (Phi) is 6.46. The summed E-state index contributed by atoms with van der Waals surface area (Å²) in [6, 6.07) is 17.2. The Morgan fingerprint density at radius 3 is 2.58 bits per heavy atom. The van der Waals surface area contributed by atoms with Crippen molar-refractivity contribution in [2.24, 2.45) is 5.73 Å². The molecule has 0 unspecified atom stereocenters. The Labute approximate surface area is 196 Å². The number of nitrogens with two attached hydrogens (primary N) is 1. The van der Waals surface area contributed by atoms with Crippen molar-refractivity contribution in [3.63, 3.8) is 0 Å². The van der Waals surface area contributed by atoms with Crippen molar-refractivity contribution in [1.82, 2.24) is 14.8 Å². The van der Waals surface area contributed by atoms with Crippen LogP contribution in [-0.4, -0.2) is 32.3 Å². The third-order valence-corrected chi connectivity index (χ3v) is 6.32. The number of nitrogens with zero attached hydrogens (tertiary/aromatic N) is 3. The summed E-state index contributed by atoms with van der Waals surface area (Å²) in [6.45, 7) is 6.08. The standard InChI is InChI=1S/C25H25N5O2S/c1-15(2)30-24-19(13-27-30)18(12-21(28-24)17-9-5-4-8-16(17)3)25(32)29-20-10-6-7-11-22(20)33-14-23(26)31/h4-13,15H,14H2,1-3H3,(H2,26,31)(H,29,32). The number of hydrogen-bond donors (Lipinski definition) is 2. The Morgan fingerprint density at radius 2 is 1.85 bits per heavy atom. The second kappa shape index (κ2) is 9.46. The zero-order valence-electron chi connectivity index (χ0n) is 18.7. The number of para-hydroxylation sites is 1. The number of pyridine rings is 1. The Balaban J connectivity index is 1.80. The summed E-state index contributed by atoms with van der Waals surface area (Å²) < 4.78 is 1.82. The highest BCUT2D eigenvalue weighted by Gasteiger charge is 2.20. The third kappa shape index (κ3) is 4.75. The molecule has 8 heteroatoms. The van der Waals surface area contributed by atoms with Crippen molar-refractivity contribution in [2.45, 2.75) is 31.7 Å². The van der Waals surface area contributed by atoms with Gasteiger partial charge in [0, 0.05) is 16.5 Å². The largest absolute Gasteiger partial charge is 0.369 e. The van der Waals surface area contributed by atoms with Crippen LogP contribution in [-0.2, 0) is 4.79 Å². The lowest BCUT2D eigenvalue weighted by atomic mass is 10.0. The molecule has 2 heterocycles. The molecule has 0 aliphatic heterocycles. The van der Waals surface area contributed by atoms with E-state index in [1.807, 2.05) is 74.0 Å². The molecule has 0 bridgehead atoms. The fraction of sp³-hybridized carbons (Fsp3) is 0.200. The van der Waals surface area contributed by atoms with Gasteiger partial charge in [0.05, 0.1) is 34.3 Å². The summed E-state index contributed by atoms with van der Waals surface area (Å²) in [7, 11) is 0. The van der Waals surface area contributed by atoms with Crippen molar-refractivity contribution in [2.75, 3.05) is 11.1 Å². The lowest BCUT2D eigenvalue weighted by Crippen LogP contribution is -2.15. The molecule has 0 fully saturated rings. The highest BCUT2D eigenvalue weighted by molar-refractivity contribution is 8.00. The van der Waals surface area contributed by atoms with Crippen LogP contribution in [0, 0.1) is 6.92 Å². The van der Waals surface area contributed by atoms with Crippen molar-refractivity contribution < 1.29 is 9.59 Å². The second-order valence-corrected chi connectivity index (χ2v) is 9.01. The van der Waals surface area contributed by atoms with E-state index in [0.717, 1.165) is 16.0 Å². The summed E-state index contributed by atoms with van der Waals surface area (Å²) in [5.41, 5.74) is 9.80. The molecule has 168 valence electrons. The summed E-state index contributed by atoms with van der Waals surface area (Å²) in [4.78, 5) is 30.4. The topological polar surface area (TPSA) is 103 Å². The van der Waals surface area contributed by atoms with Gasteiger partial charge in [-0.05, 0) is 44.5 Å². The number of aryl methyl sites for hydroxylation is 1. The van der Waals surface area contributed by atoms with Gasteiger partial charge in [0.25, 0.3) is 5.91 Å². The van der Waals surface area contributed by atoms with Crippen molar-refractivity contribution in [3.8, 4) is 11.3 Å². The number of anilines is 1. The number of carbonyl (C=O) groups excluding carboxylic acids is 2. The first-order valence-corrected chi connectivity index (χ1v) is 11.6. The molecule has 0 saturated heterocycles. The van der Waals surface area contributed by atoms with Crippen molar-refractivity contribution >= 4 is 40.3 Å². The first-order valence-electron chi connectivity index (χ1n) is 10.6. The van der Waals surface area contributed by atoms with Crippen LogP contribution in [0.5, 0.6) is 0 Å². The van der Waals surface area contributed by atoms with Gasteiger partial charge in [-0.15, -0.1) is 11.8 Å². The highest BCUT2D eigenvalue weighted by atomic mass is 32.2. The molecule has 3 N–H and O–H groups in total. The number of amides is 2. The van der Waals surface area contributed by atoms with Gasteiger partial charge < -0.3 is 11.1 Å². The number of primary amides is 1. The van der Waals surface area contributed by atoms with Gasteiger partial charge in [0.15, 0.2) is 5.65 Å². The third-order valence-electron chi connectivity index (χ3n) is 5.23. The quantitative estimate of drug-likeness (QED) is 0.386. The fourth-order valence-corrected chi connectivity index (χ4v) is 4.36. The number of rotatable bonds is 7. The molecule has 4 rings (SSSR count). The Morgan fingerprint density at radius 1 is 1.12 bits per heavy atom. The smallest absolute Gasteiger partial charge is 0.256 e. The minimum atomic E-state index is -0.416. The SMILES string of the molecule is Cc1ccccc1-c1cc(C(=O)Nc2ccccc2SCC(N)=O)c2cnn(C(C)C)c2n1. The molecule has 2 amide bonds. The summed E-state index contributed by atoms with van der Waals surface area (Å²) in [5.74, 6) is -0.557. The van der Waals surface area contributed by atoms with E-state index >= 15 is 0 Å². The average Bonchev–Trinajstić information content (AvgIpc) is 3.22. The van der Waals surface area contributed by atoms with E-state index < -0.39 is 5.91 Å². The van der Waals surface area contributed by atoms with E-state index in [-0.39, 0.29) is 17.7 Å². The van der Waals surface area contributed by atoms with Gasteiger partial charge in [-0.1, -0.05) is 36.4 Å². The van der Waals surface area contributed by atoms with Gasteiger partial charge in [-0.3, -0.25) is 9.59 Å². The number of benzene rings is 2. The maximum Gasteiger partial charge on any atom is 0.256 e. The number of fused-ring (bicyclic) bond motifs is 1. The number of aromatic nitrogens is 3. The first-order chi connectivity index (χ1) is 15.8. The van der Waals surface area contributed by atoms with E-state index in [4.69, 9.17) is 10.7 Å². The fourth-order valence-electron chi connectivity index (χ4n) is 3.62. The number of thioether (sulfide) groups is 1. The summed E-state index contributed by atoms with van der Waals surface area (Å²) in [6.07, 6.45) is 1.69. The predicted molar refractivity (Wildman–Crippen MR) is 132 cm³/mol. The lowest BCUT2D eigenvalue weighted by molar-refractivity contribution is -0.115. The normalized spacial score (nSPS) is 11.2. The zero-order chi connectivity index (χ0) is 23.5. The molecule has 0 aliphatic carbocycles. The molecular formula is C25H25N5O2S. The maximum absolute atomic E-state index is 13.5. The molecule has 0 spiro atoms. The van der Waals surface area contributed by atoms with Crippen LogP contribution in [0.2, 0.25) is 0 Å². The van der Waals surface area contributed by atoms with Crippen LogP contribution in [0.4, 0.5) is 5.69 Å². The van der Waals surface area contributed by atoms with Gasteiger partial charge in [-0.25, -0.2) is 9.67 Å². The van der Waals surface area contributed by atoms with Crippen LogP contribution >= 0.6 is 11.8 Å². The maximum atomic E-state index is 13.5. The van der Waals surface area contributed by atoms with Gasteiger partial charge in [-0.2, -0.15) is 5.10 Å². The van der Waals surface area contributed by atoms with Crippen LogP contribution in [0.15, 0.2) is 65.7 Å². The molecule has 0 aliphatic rings. The average molecular weight is 460 g/mol. The zero-order valence-corrected chi connectivity index (χ0v) is 19.5. The minimum Gasteiger partial charge on any atom is -0.369 e. The van der Waals surface area contributed by atoms with E-state index in [0.29, 0.717) is 28.0 Å². The molecule has 0 atom stereocenters. The van der Waals surface area contributed by atoms with Crippen LogP contribution in [0.25, 0.3) is 22.3 Å². The Bertz CT molecular complexity index is 1350. The van der Waals surface area contributed by atoms with Crippen LogP contribution < -0.4 is 11.1 Å². The predicted octanol–water partition coefficient (Wildman–Crippen LogP) is 4.82. The van der Waals surface area contributed by atoms with Gasteiger partial charge in [0.2, 0.25) is 5.91 Å². The van der Waals surface area contributed by atoms with E-state index in [2.05, 4.69) is 10.4 Å². The molecule has 2 aromatic carbocycles. The number of hydrogen-bond acceptors (Lipinski definition) is 5. The van der Waals surface area contributed by atoms with Gasteiger partial charge in [0.1, 0.15) is 0 Å². The van der Waals surface area contributed by atoms with E-state index in [1.54, 1.807) is 12.3 Å². The van der Waals surface area contributed by atoms with Crippen LogP contribution in [0.3, 0.4) is 0 Å². The summed E-state index contributed by atoms with van der Waals surface area (Å²) in [5, 5.41) is 8.17. The first kappa shape index (κ1) is 22.5. The molecule has 2 aromatic heterocycles. The highest BCUT2D eigenvalue weighted by Crippen LogP contribution is 2.31. The number of nitrogens with one attached hydrogen (secondary N) is 1. The molecule has 0 radical (unpaired) electrons. The van der Waals surface area contributed by atoms with E-state index in [9.17, 15) is 9.59 Å². The van der Waals surface area contributed by atoms with Gasteiger partial charge >= 0.3 is 0 Å².